The molecule has 3 rings (SSSR count). The lowest BCUT2D eigenvalue weighted by Crippen LogP contribution is -2.41. The molecule has 1 aromatic rings. The van der Waals surface area contributed by atoms with Crippen molar-refractivity contribution < 1.29 is 22.5 Å². The molecular weight excluding hydrogens is 326 g/mol. The molecule has 1 aromatic heterocycles. The predicted octanol–water partition coefficient (Wildman–Crippen LogP) is 4.60. The van der Waals surface area contributed by atoms with Gasteiger partial charge >= 0.3 is 13.3 Å². The molecule has 23 heavy (non-hydrogen) atoms. The second kappa shape index (κ2) is 5.32. The van der Waals surface area contributed by atoms with Gasteiger partial charge in [0, 0.05) is 17.0 Å². The van der Waals surface area contributed by atoms with Gasteiger partial charge in [-0.2, -0.15) is 13.2 Å². The molecular formula is C15H19BF3NO2S. The highest BCUT2D eigenvalue weighted by molar-refractivity contribution is 7.11. The average molecular weight is 345 g/mol. The van der Waals surface area contributed by atoms with Crippen LogP contribution in [0.4, 0.5) is 13.2 Å². The molecule has 0 aromatic carbocycles. The zero-order valence-electron chi connectivity index (χ0n) is 13.5. The van der Waals surface area contributed by atoms with E-state index in [1.54, 1.807) is 0 Å². The summed E-state index contributed by atoms with van der Waals surface area (Å²) in [7, 11) is -0.417. The largest absolute Gasteiger partial charge is 0.490 e. The molecule has 2 heterocycles. The topological polar surface area (TPSA) is 31.4 Å². The fourth-order valence-electron chi connectivity index (χ4n) is 2.75. The highest BCUT2D eigenvalue weighted by Crippen LogP contribution is 2.45. The first-order chi connectivity index (χ1) is 10.5. The van der Waals surface area contributed by atoms with Crippen molar-refractivity contribution in [3.8, 4) is 0 Å². The Morgan fingerprint density at radius 3 is 2.35 bits per heavy atom. The fourth-order valence-corrected chi connectivity index (χ4v) is 3.65. The third-order valence-corrected chi connectivity index (χ3v) is 6.08. The van der Waals surface area contributed by atoms with Crippen molar-refractivity contribution in [2.24, 2.45) is 0 Å². The van der Waals surface area contributed by atoms with E-state index in [0.29, 0.717) is 17.7 Å². The normalized spacial score (nSPS) is 26.7. The Kier molecular flexibility index (Phi) is 3.93. The molecule has 126 valence electrons. The molecule has 1 unspecified atom stereocenters. The van der Waals surface area contributed by atoms with Crippen LogP contribution in [0.25, 0.3) is 0 Å². The molecule has 1 saturated heterocycles. The van der Waals surface area contributed by atoms with Gasteiger partial charge < -0.3 is 9.31 Å². The first kappa shape index (κ1) is 17.0. The summed E-state index contributed by atoms with van der Waals surface area (Å²) in [5, 5.41) is -0.781. The molecule has 0 saturated carbocycles. The van der Waals surface area contributed by atoms with Crippen LogP contribution in [0.2, 0.25) is 0 Å². The Hall–Kier alpha value is -0.855. The molecule has 0 amide bonds. The van der Waals surface area contributed by atoms with E-state index in [2.05, 4.69) is 4.98 Å². The van der Waals surface area contributed by atoms with Crippen LogP contribution in [0, 0.1) is 0 Å². The number of aromatic nitrogens is 1. The number of hydrogen-bond donors (Lipinski definition) is 0. The van der Waals surface area contributed by atoms with Crippen LogP contribution in [0.1, 0.15) is 56.3 Å². The molecule has 3 nitrogen and oxygen atoms in total. The van der Waals surface area contributed by atoms with Crippen molar-refractivity contribution in [1.82, 2.24) is 4.98 Å². The van der Waals surface area contributed by atoms with E-state index in [0.717, 1.165) is 16.8 Å². The Labute approximate surface area is 138 Å². The van der Waals surface area contributed by atoms with Crippen molar-refractivity contribution in [1.29, 1.82) is 0 Å². The van der Waals surface area contributed by atoms with E-state index in [9.17, 15) is 13.2 Å². The minimum Gasteiger partial charge on any atom is -0.400 e. The number of rotatable bonds is 2. The third kappa shape index (κ3) is 3.08. The monoisotopic (exact) mass is 345 g/mol. The maximum atomic E-state index is 12.7. The van der Waals surface area contributed by atoms with E-state index in [-0.39, 0.29) is 5.92 Å². The molecule has 8 heteroatoms. The highest BCUT2D eigenvalue weighted by atomic mass is 32.1. The van der Waals surface area contributed by atoms with Gasteiger partial charge in [0.2, 0.25) is 0 Å². The summed E-state index contributed by atoms with van der Waals surface area (Å²) in [6.07, 6.45) is 0.345. The maximum absolute atomic E-state index is 12.7. The number of halogens is 3. The van der Waals surface area contributed by atoms with Crippen LogP contribution in [0.15, 0.2) is 17.7 Å². The van der Waals surface area contributed by atoms with Gasteiger partial charge in [0.25, 0.3) is 0 Å². The number of nitrogens with zero attached hydrogens (tertiary/aromatic N) is 1. The summed E-state index contributed by atoms with van der Waals surface area (Å²) in [5.41, 5.74) is 0.185. The molecule has 0 N–H and O–H groups in total. The molecule has 1 aliphatic carbocycles. The maximum Gasteiger partial charge on any atom is 0.490 e. The summed E-state index contributed by atoms with van der Waals surface area (Å²) in [4.78, 5) is 4.18. The number of allylic oxidation sites excluding steroid dienone is 2. The fraction of sp³-hybridized carbons (Fsp3) is 0.667. The van der Waals surface area contributed by atoms with Crippen molar-refractivity contribution in [2.45, 2.75) is 63.8 Å². The summed E-state index contributed by atoms with van der Waals surface area (Å²) < 4.78 is 50.0. The first-order valence-corrected chi connectivity index (χ1v) is 8.39. The number of thiazole rings is 1. The SMILES string of the molecule is CC1(C)OB(C2=CCC(c3cnc(C(F)(F)F)s3)C2)OC1(C)C. The lowest BCUT2D eigenvalue weighted by atomic mass is 9.77. The van der Waals surface area contributed by atoms with E-state index in [1.165, 1.54) is 6.20 Å². The Balaban J connectivity index is 1.69. The first-order valence-electron chi connectivity index (χ1n) is 7.57. The van der Waals surface area contributed by atoms with Gasteiger partial charge in [-0.1, -0.05) is 6.08 Å². The molecule has 0 spiro atoms. The molecule has 1 atom stereocenters. The predicted molar refractivity (Wildman–Crippen MR) is 83.3 cm³/mol. The zero-order chi connectivity index (χ0) is 17.0. The molecule has 1 aliphatic heterocycles. The second-order valence-corrected chi connectivity index (χ2v) is 8.13. The molecule has 0 radical (unpaired) electrons. The highest BCUT2D eigenvalue weighted by Gasteiger charge is 2.53. The van der Waals surface area contributed by atoms with E-state index >= 15 is 0 Å². The van der Waals surface area contributed by atoms with Crippen molar-refractivity contribution in [2.75, 3.05) is 0 Å². The zero-order valence-corrected chi connectivity index (χ0v) is 14.3. The Morgan fingerprint density at radius 1 is 1.22 bits per heavy atom. The smallest absolute Gasteiger partial charge is 0.400 e. The van der Waals surface area contributed by atoms with Gasteiger partial charge in [-0.3, -0.25) is 0 Å². The van der Waals surface area contributed by atoms with E-state index in [1.807, 2.05) is 33.8 Å². The van der Waals surface area contributed by atoms with Crippen molar-refractivity contribution in [3.63, 3.8) is 0 Å². The quantitative estimate of drug-likeness (QED) is 0.735. The van der Waals surface area contributed by atoms with Gasteiger partial charge in [-0.05, 0) is 46.0 Å². The Morgan fingerprint density at radius 2 is 1.83 bits per heavy atom. The van der Waals surface area contributed by atoms with Crippen LogP contribution in [-0.2, 0) is 15.5 Å². The average Bonchev–Trinajstić information content (AvgIpc) is 3.08. The van der Waals surface area contributed by atoms with Gasteiger partial charge in [-0.15, -0.1) is 11.3 Å². The van der Waals surface area contributed by atoms with Crippen LogP contribution in [0.5, 0.6) is 0 Å². The van der Waals surface area contributed by atoms with Crippen LogP contribution in [-0.4, -0.2) is 23.3 Å². The number of hydrogen-bond acceptors (Lipinski definition) is 4. The van der Waals surface area contributed by atoms with Crippen molar-refractivity contribution >= 4 is 18.5 Å². The van der Waals surface area contributed by atoms with Crippen LogP contribution in [0.3, 0.4) is 0 Å². The number of alkyl halides is 3. The van der Waals surface area contributed by atoms with E-state index in [4.69, 9.17) is 9.31 Å². The lowest BCUT2D eigenvalue weighted by Gasteiger charge is -2.32. The molecule has 2 aliphatic rings. The summed E-state index contributed by atoms with van der Waals surface area (Å²) in [6, 6.07) is 0. The Bertz CT molecular complexity index is 623. The summed E-state index contributed by atoms with van der Waals surface area (Å²) in [5.74, 6) is 0.0256. The van der Waals surface area contributed by atoms with E-state index < -0.39 is 29.5 Å². The molecule has 0 bridgehead atoms. The third-order valence-electron chi connectivity index (χ3n) is 4.87. The van der Waals surface area contributed by atoms with Gasteiger partial charge in [0.15, 0.2) is 5.01 Å². The summed E-state index contributed by atoms with van der Waals surface area (Å²) >= 11 is 0.730. The standard InChI is InChI=1S/C15H19BF3NO2S/c1-13(2)14(3,4)22-16(21-13)10-6-5-9(7-10)11-8-20-12(23-11)15(17,18)19/h6,8-9H,5,7H2,1-4H3. The minimum absolute atomic E-state index is 0.0256. The second-order valence-electron chi connectivity index (χ2n) is 7.07. The van der Waals surface area contributed by atoms with Gasteiger partial charge in [0.05, 0.1) is 11.2 Å². The van der Waals surface area contributed by atoms with Gasteiger partial charge in [0.1, 0.15) is 0 Å². The van der Waals surface area contributed by atoms with Gasteiger partial charge in [-0.25, -0.2) is 4.98 Å². The van der Waals surface area contributed by atoms with Crippen molar-refractivity contribution in [3.05, 3.63) is 27.6 Å². The van der Waals surface area contributed by atoms with Crippen LogP contribution < -0.4 is 0 Å². The van der Waals surface area contributed by atoms with Crippen LogP contribution >= 0.6 is 11.3 Å². The lowest BCUT2D eigenvalue weighted by molar-refractivity contribution is -0.137. The summed E-state index contributed by atoms with van der Waals surface area (Å²) in [6.45, 7) is 7.94. The minimum atomic E-state index is -4.37. The molecule has 1 fully saturated rings.